The quantitative estimate of drug-likeness (QED) is 0.745. The number of aromatic nitrogens is 2. The van der Waals surface area contributed by atoms with Crippen molar-refractivity contribution in [1.29, 1.82) is 0 Å². The van der Waals surface area contributed by atoms with E-state index in [9.17, 15) is 9.18 Å². The summed E-state index contributed by atoms with van der Waals surface area (Å²) < 4.78 is 18.1. The molecule has 0 aliphatic carbocycles. The molecule has 0 aliphatic rings. The van der Waals surface area contributed by atoms with Crippen LogP contribution in [0, 0.1) is 19.7 Å². The average Bonchev–Trinajstić information content (AvgIpc) is 2.89. The summed E-state index contributed by atoms with van der Waals surface area (Å²) in [5, 5.41) is 4.51. The number of nitrogens with zero attached hydrogens (tertiary/aromatic N) is 3. The van der Waals surface area contributed by atoms with Crippen molar-refractivity contribution in [3.8, 4) is 0 Å². The standard InChI is InChI=1S/C17H16FN3O2/c1-10-8-14(15-11(2)20-23-16(15)19-10)17(22)21(3)9-12-4-6-13(18)7-5-12/h4-8H,9H2,1-3H3. The molecule has 0 bridgehead atoms. The second-order valence-corrected chi connectivity index (χ2v) is 5.55. The number of benzene rings is 1. The number of carbonyl (C=O) groups excluding carboxylic acids is 1. The molecule has 1 aromatic carbocycles. The molecule has 1 amide bonds. The Balaban J connectivity index is 1.93. The van der Waals surface area contributed by atoms with Crippen LogP contribution in [0.1, 0.15) is 27.3 Å². The highest BCUT2D eigenvalue weighted by molar-refractivity contribution is 6.05. The van der Waals surface area contributed by atoms with Crippen LogP contribution in [0.3, 0.4) is 0 Å². The summed E-state index contributed by atoms with van der Waals surface area (Å²) in [7, 11) is 1.70. The van der Waals surface area contributed by atoms with Gasteiger partial charge in [0.25, 0.3) is 11.6 Å². The van der Waals surface area contributed by atoms with Crippen molar-refractivity contribution >= 4 is 17.0 Å². The maximum absolute atomic E-state index is 13.0. The molecule has 3 aromatic rings. The molecule has 0 saturated carbocycles. The van der Waals surface area contributed by atoms with Crippen LogP contribution in [0.15, 0.2) is 34.9 Å². The zero-order valence-corrected chi connectivity index (χ0v) is 13.1. The van der Waals surface area contributed by atoms with Crippen molar-refractivity contribution in [3.63, 3.8) is 0 Å². The minimum absolute atomic E-state index is 0.156. The van der Waals surface area contributed by atoms with Crippen molar-refractivity contribution in [2.75, 3.05) is 7.05 Å². The van der Waals surface area contributed by atoms with Crippen molar-refractivity contribution in [2.45, 2.75) is 20.4 Å². The number of halogens is 1. The van der Waals surface area contributed by atoms with E-state index in [0.717, 1.165) is 5.56 Å². The summed E-state index contributed by atoms with van der Waals surface area (Å²) in [5.41, 5.74) is 3.04. The van der Waals surface area contributed by atoms with E-state index in [4.69, 9.17) is 4.52 Å². The molecule has 2 aromatic heterocycles. The lowest BCUT2D eigenvalue weighted by atomic mass is 10.1. The Morgan fingerprint density at radius 1 is 1.26 bits per heavy atom. The number of fused-ring (bicyclic) bond motifs is 1. The van der Waals surface area contributed by atoms with Crippen molar-refractivity contribution in [1.82, 2.24) is 15.0 Å². The van der Waals surface area contributed by atoms with Gasteiger partial charge in [-0.3, -0.25) is 4.79 Å². The second-order valence-electron chi connectivity index (χ2n) is 5.55. The third-order valence-corrected chi connectivity index (χ3v) is 3.66. The number of amides is 1. The van der Waals surface area contributed by atoms with Gasteiger partial charge in [0, 0.05) is 19.3 Å². The van der Waals surface area contributed by atoms with Gasteiger partial charge in [0.1, 0.15) is 5.82 Å². The molecule has 0 N–H and O–H groups in total. The molecule has 118 valence electrons. The van der Waals surface area contributed by atoms with Gasteiger partial charge in [-0.05, 0) is 37.6 Å². The molecule has 0 radical (unpaired) electrons. The van der Waals surface area contributed by atoms with Gasteiger partial charge < -0.3 is 9.42 Å². The van der Waals surface area contributed by atoms with Crippen LogP contribution in [0.4, 0.5) is 4.39 Å². The maximum atomic E-state index is 13.0. The fourth-order valence-corrected chi connectivity index (χ4v) is 2.53. The van der Waals surface area contributed by atoms with Crippen LogP contribution in [0.2, 0.25) is 0 Å². The van der Waals surface area contributed by atoms with Crippen LogP contribution in [-0.4, -0.2) is 28.0 Å². The molecule has 6 heteroatoms. The molecule has 23 heavy (non-hydrogen) atoms. The Kier molecular flexibility index (Phi) is 3.82. The molecule has 2 heterocycles. The molecule has 3 rings (SSSR count). The summed E-state index contributed by atoms with van der Waals surface area (Å²) >= 11 is 0. The number of pyridine rings is 1. The minimum Gasteiger partial charge on any atom is -0.337 e. The predicted octanol–water partition coefficient (Wildman–Crippen LogP) is 3.25. The van der Waals surface area contributed by atoms with Gasteiger partial charge in [0.15, 0.2) is 0 Å². The highest BCUT2D eigenvalue weighted by Gasteiger charge is 2.20. The van der Waals surface area contributed by atoms with E-state index < -0.39 is 0 Å². The number of hydrogen-bond donors (Lipinski definition) is 0. The fourth-order valence-electron chi connectivity index (χ4n) is 2.53. The van der Waals surface area contributed by atoms with E-state index in [2.05, 4.69) is 10.1 Å². The van der Waals surface area contributed by atoms with Gasteiger partial charge in [-0.25, -0.2) is 9.37 Å². The average molecular weight is 313 g/mol. The summed E-state index contributed by atoms with van der Waals surface area (Å²) in [4.78, 5) is 18.6. The summed E-state index contributed by atoms with van der Waals surface area (Å²) in [6.45, 7) is 3.96. The Labute approximate surface area is 132 Å². The van der Waals surface area contributed by atoms with Gasteiger partial charge in [-0.2, -0.15) is 0 Å². The van der Waals surface area contributed by atoms with Gasteiger partial charge >= 0.3 is 0 Å². The number of aryl methyl sites for hydroxylation is 2. The molecular formula is C17H16FN3O2. The van der Waals surface area contributed by atoms with E-state index in [0.29, 0.717) is 34.6 Å². The highest BCUT2D eigenvalue weighted by atomic mass is 19.1. The van der Waals surface area contributed by atoms with E-state index in [-0.39, 0.29) is 11.7 Å². The van der Waals surface area contributed by atoms with Crippen LogP contribution in [0.25, 0.3) is 11.1 Å². The molecule has 0 spiro atoms. The minimum atomic E-state index is -0.297. The van der Waals surface area contributed by atoms with Crippen LogP contribution in [-0.2, 0) is 6.54 Å². The third-order valence-electron chi connectivity index (χ3n) is 3.66. The lowest BCUT2D eigenvalue weighted by molar-refractivity contribution is 0.0786. The molecule has 0 aliphatic heterocycles. The zero-order valence-electron chi connectivity index (χ0n) is 13.1. The van der Waals surface area contributed by atoms with E-state index >= 15 is 0 Å². The maximum Gasteiger partial charge on any atom is 0.258 e. The van der Waals surface area contributed by atoms with Crippen LogP contribution < -0.4 is 0 Å². The number of carbonyl (C=O) groups is 1. The van der Waals surface area contributed by atoms with Crippen molar-refractivity contribution in [3.05, 3.63) is 58.7 Å². The van der Waals surface area contributed by atoms with Crippen LogP contribution in [0.5, 0.6) is 0 Å². The smallest absolute Gasteiger partial charge is 0.258 e. The summed E-state index contributed by atoms with van der Waals surface area (Å²) in [6, 6.07) is 7.82. The fraction of sp³-hybridized carbons (Fsp3) is 0.235. The predicted molar refractivity (Wildman–Crippen MR) is 83.5 cm³/mol. The Morgan fingerprint density at radius 3 is 2.65 bits per heavy atom. The first-order chi connectivity index (χ1) is 11.0. The molecule has 0 unspecified atom stereocenters. The summed E-state index contributed by atoms with van der Waals surface area (Å²) in [5.74, 6) is -0.453. The molecule has 0 fully saturated rings. The molecular weight excluding hydrogens is 297 g/mol. The topological polar surface area (TPSA) is 59.2 Å². The van der Waals surface area contributed by atoms with E-state index in [1.165, 1.54) is 12.1 Å². The van der Waals surface area contributed by atoms with Gasteiger partial charge in [0.05, 0.1) is 16.6 Å². The lowest BCUT2D eigenvalue weighted by Crippen LogP contribution is -2.26. The van der Waals surface area contributed by atoms with Gasteiger partial charge in [-0.1, -0.05) is 17.3 Å². The number of hydrogen-bond acceptors (Lipinski definition) is 4. The largest absolute Gasteiger partial charge is 0.337 e. The first kappa shape index (κ1) is 15.1. The van der Waals surface area contributed by atoms with Crippen LogP contribution >= 0.6 is 0 Å². The Hall–Kier alpha value is -2.76. The Bertz CT molecular complexity index is 871. The Morgan fingerprint density at radius 2 is 1.96 bits per heavy atom. The summed E-state index contributed by atoms with van der Waals surface area (Å²) in [6.07, 6.45) is 0. The van der Waals surface area contributed by atoms with Crippen molar-refractivity contribution in [2.24, 2.45) is 0 Å². The van der Waals surface area contributed by atoms with Crippen molar-refractivity contribution < 1.29 is 13.7 Å². The third kappa shape index (κ3) is 2.92. The SMILES string of the molecule is Cc1cc(C(=O)N(C)Cc2ccc(F)cc2)c2c(C)noc2n1. The lowest BCUT2D eigenvalue weighted by Gasteiger charge is -2.18. The number of rotatable bonds is 3. The van der Waals surface area contributed by atoms with E-state index in [1.54, 1.807) is 44.0 Å². The monoisotopic (exact) mass is 313 g/mol. The highest BCUT2D eigenvalue weighted by Crippen LogP contribution is 2.23. The normalized spacial score (nSPS) is 11.0. The molecule has 0 atom stereocenters. The van der Waals surface area contributed by atoms with E-state index in [1.807, 2.05) is 0 Å². The first-order valence-corrected chi connectivity index (χ1v) is 7.19. The first-order valence-electron chi connectivity index (χ1n) is 7.19. The molecule has 0 saturated heterocycles. The molecule has 5 nitrogen and oxygen atoms in total. The van der Waals surface area contributed by atoms with Gasteiger partial charge in [-0.15, -0.1) is 0 Å². The zero-order chi connectivity index (χ0) is 16.6. The second kappa shape index (κ2) is 5.79. The van der Waals surface area contributed by atoms with Gasteiger partial charge in [0.2, 0.25) is 0 Å².